The summed E-state index contributed by atoms with van der Waals surface area (Å²) in [5.41, 5.74) is 0. The van der Waals surface area contributed by atoms with E-state index in [-0.39, 0.29) is 0 Å². The molecule has 0 aromatic carbocycles. The number of carbonyl (C=O) groups excluding carboxylic acids is 1. The maximum absolute atomic E-state index is 10.6. The van der Waals surface area contributed by atoms with Crippen molar-refractivity contribution in [3.05, 3.63) is 24.4 Å². The molecular weight excluding hydrogens is 156 g/mol. The van der Waals surface area contributed by atoms with Crippen LogP contribution in [-0.2, 0) is 0 Å². The van der Waals surface area contributed by atoms with E-state index in [4.69, 9.17) is 0 Å². The van der Waals surface area contributed by atoms with Crippen molar-refractivity contribution in [3.63, 3.8) is 0 Å². The van der Waals surface area contributed by atoms with E-state index in [2.05, 4.69) is 0 Å². The van der Waals surface area contributed by atoms with Crippen LogP contribution in [-0.4, -0.2) is 20.2 Å². The van der Waals surface area contributed by atoms with Crippen LogP contribution < -0.4 is 14.6 Å². The van der Waals surface area contributed by atoms with E-state index in [1.165, 1.54) is 6.20 Å². The second kappa shape index (κ2) is 3.21. The molecule has 0 saturated carbocycles. The first-order valence-electron chi connectivity index (χ1n) is 3.52. The van der Waals surface area contributed by atoms with Gasteiger partial charge in [-0.15, -0.1) is 0 Å². The molecule has 64 valence electrons. The van der Waals surface area contributed by atoms with Crippen LogP contribution >= 0.6 is 0 Å². The van der Waals surface area contributed by atoms with Crippen LogP contribution in [0.25, 0.3) is 0 Å². The molecule has 1 aromatic heterocycles. The number of pyridine rings is 1. The Labute approximate surface area is 70.7 Å². The van der Waals surface area contributed by atoms with E-state index < -0.39 is 6.09 Å². The van der Waals surface area contributed by atoms with Gasteiger partial charge in [0.15, 0.2) is 0 Å². The monoisotopic (exact) mass is 166 g/mol. The quantitative estimate of drug-likeness (QED) is 0.515. The van der Waals surface area contributed by atoms with Gasteiger partial charge in [-0.3, -0.25) is 4.90 Å². The Morgan fingerprint density at radius 3 is 2.58 bits per heavy atom. The SMILES string of the molecule is CN(C)c1cccc[n+]1C(=O)[O-]. The molecule has 4 heteroatoms. The standard InChI is InChI=1S/C8H10N2O2/c1-9(2)7-5-3-4-6-10(7)8(11)12/h3-6H,1-2H3. The summed E-state index contributed by atoms with van der Waals surface area (Å²) in [5, 5.41) is 10.6. The number of hydrogen-bond acceptors (Lipinski definition) is 3. The van der Waals surface area contributed by atoms with Gasteiger partial charge in [-0.05, 0) is 6.07 Å². The third-order valence-electron chi connectivity index (χ3n) is 1.49. The highest BCUT2D eigenvalue weighted by Gasteiger charge is 2.10. The van der Waals surface area contributed by atoms with Crippen molar-refractivity contribution in [2.75, 3.05) is 19.0 Å². The van der Waals surface area contributed by atoms with Gasteiger partial charge in [0.05, 0.1) is 20.3 Å². The van der Waals surface area contributed by atoms with E-state index in [1.807, 2.05) is 0 Å². The third kappa shape index (κ3) is 1.53. The predicted molar refractivity (Wildman–Crippen MR) is 41.8 cm³/mol. The molecular formula is C8H10N2O2. The first-order valence-corrected chi connectivity index (χ1v) is 3.52. The Morgan fingerprint density at radius 1 is 1.50 bits per heavy atom. The fourth-order valence-corrected chi connectivity index (χ4v) is 0.953. The Morgan fingerprint density at radius 2 is 2.17 bits per heavy atom. The number of hydrogen-bond donors (Lipinski definition) is 0. The van der Waals surface area contributed by atoms with Crippen molar-refractivity contribution < 1.29 is 14.5 Å². The van der Waals surface area contributed by atoms with Gasteiger partial charge in [0.1, 0.15) is 0 Å². The van der Waals surface area contributed by atoms with Crippen LogP contribution in [0, 0.1) is 0 Å². The van der Waals surface area contributed by atoms with E-state index in [1.54, 1.807) is 37.2 Å². The summed E-state index contributed by atoms with van der Waals surface area (Å²) in [6.07, 6.45) is 0.226. The fourth-order valence-electron chi connectivity index (χ4n) is 0.953. The van der Waals surface area contributed by atoms with Crippen LogP contribution in [0.15, 0.2) is 24.4 Å². The maximum Gasteiger partial charge on any atom is 0.282 e. The van der Waals surface area contributed by atoms with Crippen LogP contribution in [0.5, 0.6) is 0 Å². The lowest BCUT2D eigenvalue weighted by molar-refractivity contribution is -0.619. The molecule has 4 nitrogen and oxygen atoms in total. The molecule has 0 aliphatic carbocycles. The van der Waals surface area contributed by atoms with Gasteiger partial charge in [-0.2, -0.15) is 4.57 Å². The molecule has 1 rings (SSSR count). The second-order valence-electron chi connectivity index (χ2n) is 2.59. The lowest BCUT2D eigenvalue weighted by Gasteiger charge is -2.09. The minimum atomic E-state index is -1.22. The minimum absolute atomic E-state index is 0.581. The Hall–Kier alpha value is -1.58. The average Bonchev–Trinajstić information content (AvgIpc) is 2.04. The highest BCUT2D eigenvalue weighted by atomic mass is 16.4. The van der Waals surface area contributed by atoms with E-state index in [0.717, 1.165) is 4.57 Å². The Bertz CT molecular complexity index is 297. The van der Waals surface area contributed by atoms with Gasteiger partial charge in [-0.1, -0.05) is 6.07 Å². The number of carboxylic acid groups (broad SMARTS) is 1. The second-order valence-corrected chi connectivity index (χ2v) is 2.59. The normalized spacial score (nSPS) is 9.50. The first-order chi connectivity index (χ1) is 5.63. The predicted octanol–water partition coefficient (Wildman–Crippen LogP) is -0.769. The summed E-state index contributed by atoms with van der Waals surface area (Å²) >= 11 is 0. The number of rotatable bonds is 1. The van der Waals surface area contributed by atoms with Crippen LogP contribution in [0.4, 0.5) is 10.6 Å². The number of carbonyl (C=O) groups is 1. The van der Waals surface area contributed by atoms with Gasteiger partial charge in [0.2, 0.25) is 6.09 Å². The smallest absolute Gasteiger partial charge is 0.282 e. The van der Waals surface area contributed by atoms with Gasteiger partial charge in [-0.25, -0.2) is 0 Å². The van der Waals surface area contributed by atoms with Crippen molar-refractivity contribution >= 4 is 11.9 Å². The van der Waals surface area contributed by atoms with Crippen LogP contribution in [0.1, 0.15) is 0 Å². The summed E-state index contributed by atoms with van der Waals surface area (Å²) < 4.78 is 1.06. The van der Waals surface area contributed by atoms with Gasteiger partial charge in [0.25, 0.3) is 5.82 Å². The summed E-state index contributed by atoms with van der Waals surface area (Å²) in [4.78, 5) is 12.3. The first kappa shape index (κ1) is 8.52. The van der Waals surface area contributed by atoms with Gasteiger partial charge >= 0.3 is 0 Å². The van der Waals surface area contributed by atoms with Crippen molar-refractivity contribution in [1.82, 2.24) is 0 Å². The fraction of sp³-hybridized carbons (Fsp3) is 0.250. The zero-order chi connectivity index (χ0) is 9.14. The summed E-state index contributed by atoms with van der Waals surface area (Å²) in [6.45, 7) is 0. The van der Waals surface area contributed by atoms with Crippen molar-refractivity contribution in [3.8, 4) is 0 Å². The molecule has 0 bridgehead atoms. The van der Waals surface area contributed by atoms with Crippen molar-refractivity contribution in [2.45, 2.75) is 0 Å². The summed E-state index contributed by atoms with van der Waals surface area (Å²) in [6, 6.07) is 5.12. The molecule has 1 heterocycles. The molecule has 0 amide bonds. The molecule has 0 aliphatic heterocycles. The molecule has 1 aromatic rings. The Balaban J connectivity index is 3.17. The van der Waals surface area contributed by atoms with Gasteiger partial charge in [0, 0.05) is 6.07 Å². The number of anilines is 1. The maximum atomic E-state index is 10.6. The Kier molecular flexibility index (Phi) is 2.28. The van der Waals surface area contributed by atoms with E-state index >= 15 is 0 Å². The minimum Gasteiger partial charge on any atom is -0.510 e. The molecule has 0 spiro atoms. The molecule has 0 aliphatic rings. The lowest BCUT2D eigenvalue weighted by atomic mass is 10.4. The zero-order valence-electron chi connectivity index (χ0n) is 7.02. The van der Waals surface area contributed by atoms with Crippen LogP contribution in [0.3, 0.4) is 0 Å². The highest BCUT2D eigenvalue weighted by Crippen LogP contribution is 2.00. The molecule has 0 radical (unpaired) electrons. The highest BCUT2D eigenvalue weighted by molar-refractivity contribution is 5.54. The summed E-state index contributed by atoms with van der Waals surface area (Å²) in [5.74, 6) is 0.581. The molecule has 0 saturated heterocycles. The topological polar surface area (TPSA) is 47.2 Å². The molecule has 0 fully saturated rings. The number of aromatic nitrogens is 1. The van der Waals surface area contributed by atoms with Crippen LogP contribution in [0.2, 0.25) is 0 Å². The largest absolute Gasteiger partial charge is 0.510 e. The van der Waals surface area contributed by atoms with Gasteiger partial charge < -0.3 is 9.90 Å². The van der Waals surface area contributed by atoms with Crippen molar-refractivity contribution in [1.29, 1.82) is 0 Å². The van der Waals surface area contributed by atoms with E-state index in [0.29, 0.717) is 5.82 Å². The molecule has 0 unspecified atom stereocenters. The van der Waals surface area contributed by atoms with Crippen molar-refractivity contribution in [2.24, 2.45) is 0 Å². The third-order valence-corrected chi connectivity index (χ3v) is 1.49. The average molecular weight is 166 g/mol. The molecule has 0 atom stereocenters. The molecule has 12 heavy (non-hydrogen) atoms. The molecule has 0 N–H and O–H groups in total. The lowest BCUT2D eigenvalue weighted by Crippen LogP contribution is -2.54. The van der Waals surface area contributed by atoms with E-state index in [9.17, 15) is 9.90 Å². The number of nitrogens with zero attached hydrogens (tertiary/aromatic N) is 2. The zero-order valence-corrected chi connectivity index (χ0v) is 7.02. The summed E-state index contributed by atoms with van der Waals surface area (Å²) in [7, 11) is 3.55.